The molecule has 0 saturated carbocycles. The fraction of sp³-hybridized carbons (Fsp3) is 0.400. The summed E-state index contributed by atoms with van der Waals surface area (Å²) in [4.78, 5) is 4.92. The van der Waals surface area contributed by atoms with Crippen LogP contribution in [0.5, 0.6) is 5.88 Å². The second-order valence-corrected chi connectivity index (χ2v) is 9.31. The van der Waals surface area contributed by atoms with Crippen molar-refractivity contribution < 1.29 is 9.47 Å². The first-order valence-electron chi connectivity index (χ1n) is 10.7. The molecule has 1 aromatic heterocycles. The van der Waals surface area contributed by atoms with Crippen LogP contribution >= 0.6 is 11.6 Å². The molecule has 0 amide bonds. The smallest absolute Gasteiger partial charge is 0.218 e. The largest absolute Gasteiger partial charge is 0.472 e. The zero-order valence-corrected chi connectivity index (χ0v) is 18.1. The van der Waals surface area contributed by atoms with Crippen LogP contribution in [0.1, 0.15) is 35.6 Å². The van der Waals surface area contributed by atoms with Gasteiger partial charge in [0.1, 0.15) is 6.61 Å². The first kappa shape index (κ1) is 19.8. The lowest BCUT2D eigenvalue weighted by atomic mass is 9.89. The van der Waals surface area contributed by atoms with Gasteiger partial charge in [-0.1, -0.05) is 36.7 Å². The van der Waals surface area contributed by atoms with Crippen LogP contribution in [0.2, 0.25) is 5.02 Å². The van der Waals surface area contributed by atoms with Gasteiger partial charge in [0.2, 0.25) is 5.88 Å². The zero-order valence-electron chi connectivity index (χ0n) is 17.3. The lowest BCUT2D eigenvalue weighted by molar-refractivity contribution is -0.0991. The minimum atomic E-state index is 0.226. The molecule has 30 heavy (non-hydrogen) atoms. The molecule has 1 aliphatic carbocycles. The van der Waals surface area contributed by atoms with E-state index in [-0.39, 0.29) is 5.41 Å². The van der Waals surface area contributed by atoms with Crippen LogP contribution in [0.25, 0.3) is 10.9 Å². The molecular formula is C25H27ClN2O2. The predicted molar refractivity (Wildman–Crippen MR) is 120 cm³/mol. The number of ether oxygens (including phenoxy) is 2. The van der Waals surface area contributed by atoms with Crippen LogP contribution in [0.15, 0.2) is 42.5 Å². The molecule has 0 radical (unpaired) electrons. The van der Waals surface area contributed by atoms with Crippen LogP contribution in [0.3, 0.4) is 0 Å². The van der Waals surface area contributed by atoms with E-state index in [4.69, 9.17) is 26.1 Å². The maximum absolute atomic E-state index is 6.32. The standard InChI is InChI=1S/C25H27ClN2O2/c1-25(15-29-16-25)14-27-12-21-10-20-9-17-6-4-7-18(17)11-23(20)28-24(21)30-13-19-5-2-3-8-22(19)26/h2-3,5,8-11,27H,4,6-7,12-16H2,1H3. The average Bonchev–Trinajstić information content (AvgIpc) is 3.17. The Hall–Kier alpha value is -2.14. The second-order valence-electron chi connectivity index (χ2n) is 8.91. The van der Waals surface area contributed by atoms with Gasteiger partial charge in [0.15, 0.2) is 0 Å². The number of hydrogen-bond donors (Lipinski definition) is 1. The van der Waals surface area contributed by atoms with E-state index in [0.29, 0.717) is 24.1 Å². The summed E-state index contributed by atoms with van der Waals surface area (Å²) >= 11 is 6.32. The number of nitrogens with one attached hydrogen (secondary N) is 1. The maximum Gasteiger partial charge on any atom is 0.218 e. The van der Waals surface area contributed by atoms with Crippen LogP contribution < -0.4 is 10.1 Å². The Kier molecular flexibility index (Phi) is 5.40. The molecule has 2 aromatic carbocycles. The van der Waals surface area contributed by atoms with E-state index in [1.807, 2.05) is 24.3 Å². The minimum Gasteiger partial charge on any atom is -0.472 e. The molecule has 4 nitrogen and oxygen atoms in total. The van der Waals surface area contributed by atoms with Gasteiger partial charge in [-0.15, -0.1) is 0 Å². The van der Waals surface area contributed by atoms with E-state index >= 15 is 0 Å². The fourth-order valence-corrected chi connectivity index (χ4v) is 4.53. The van der Waals surface area contributed by atoms with Crippen LogP contribution in [0, 0.1) is 5.41 Å². The van der Waals surface area contributed by atoms with Crippen molar-refractivity contribution in [3.05, 3.63) is 69.7 Å². The summed E-state index contributed by atoms with van der Waals surface area (Å²) < 4.78 is 11.6. The molecular weight excluding hydrogens is 396 g/mol. The van der Waals surface area contributed by atoms with Crippen molar-refractivity contribution in [2.75, 3.05) is 19.8 Å². The van der Waals surface area contributed by atoms with Gasteiger partial charge in [0.25, 0.3) is 0 Å². The lowest BCUT2D eigenvalue weighted by Gasteiger charge is -2.38. The molecule has 3 aromatic rings. The van der Waals surface area contributed by atoms with Crippen molar-refractivity contribution in [3.8, 4) is 5.88 Å². The number of rotatable bonds is 7. The number of aromatic nitrogens is 1. The Bertz CT molecular complexity index is 1080. The molecule has 0 spiro atoms. The van der Waals surface area contributed by atoms with Gasteiger partial charge in [-0.25, -0.2) is 4.98 Å². The quantitative estimate of drug-likeness (QED) is 0.576. The van der Waals surface area contributed by atoms with Crippen LogP contribution in [-0.2, 0) is 30.7 Å². The third-order valence-electron chi connectivity index (χ3n) is 6.16. The molecule has 2 heterocycles. The molecule has 0 bridgehead atoms. The van der Waals surface area contributed by atoms with E-state index in [1.165, 1.54) is 29.4 Å². The molecule has 0 atom stereocenters. The Labute approximate surface area is 182 Å². The third kappa shape index (κ3) is 4.04. The maximum atomic E-state index is 6.32. The Morgan fingerprint density at radius 2 is 1.90 bits per heavy atom. The molecule has 1 saturated heterocycles. The first-order chi connectivity index (χ1) is 14.6. The van der Waals surface area contributed by atoms with Gasteiger partial charge in [-0.05, 0) is 54.7 Å². The highest BCUT2D eigenvalue weighted by Crippen LogP contribution is 2.31. The summed E-state index contributed by atoms with van der Waals surface area (Å²) in [6.07, 6.45) is 3.55. The molecule has 5 rings (SSSR count). The van der Waals surface area contributed by atoms with Gasteiger partial charge in [-0.2, -0.15) is 0 Å². The minimum absolute atomic E-state index is 0.226. The normalized spacial score (nSPS) is 17.0. The molecule has 1 fully saturated rings. The van der Waals surface area contributed by atoms with Crippen molar-refractivity contribution in [1.29, 1.82) is 0 Å². The molecule has 0 unspecified atom stereocenters. The number of nitrogens with zero attached hydrogens (tertiary/aromatic N) is 1. The average molecular weight is 423 g/mol. The first-order valence-corrected chi connectivity index (χ1v) is 11.1. The third-order valence-corrected chi connectivity index (χ3v) is 6.53. The summed E-state index contributed by atoms with van der Waals surface area (Å²) in [6, 6.07) is 14.6. The molecule has 156 valence electrons. The second kappa shape index (κ2) is 8.18. The molecule has 5 heteroatoms. The molecule has 1 aliphatic heterocycles. The number of hydrogen-bond acceptors (Lipinski definition) is 4. The summed E-state index contributed by atoms with van der Waals surface area (Å²) in [5, 5.41) is 5.49. The fourth-order valence-electron chi connectivity index (χ4n) is 4.34. The summed E-state index contributed by atoms with van der Waals surface area (Å²) in [5.41, 5.74) is 6.17. The Morgan fingerprint density at radius 1 is 1.10 bits per heavy atom. The lowest BCUT2D eigenvalue weighted by Crippen LogP contribution is -2.47. The molecule has 1 N–H and O–H groups in total. The number of halogens is 1. The van der Waals surface area contributed by atoms with Gasteiger partial charge in [0, 0.05) is 40.0 Å². The monoisotopic (exact) mass is 422 g/mol. The van der Waals surface area contributed by atoms with Gasteiger partial charge >= 0.3 is 0 Å². The Morgan fingerprint density at radius 3 is 2.67 bits per heavy atom. The van der Waals surface area contributed by atoms with E-state index in [2.05, 4.69) is 30.4 Å². The highest BCUT2D eigenvalue weighted by atomic mass is 35.5. The van der Waals surface area contributed by atoms with Crippen LogP contribution in [-0.4, -0.2) is 24.7 Å². The van der Waals surface area contributed by atoms with E-state index in [0.717, 1.165) is 42.8 Å². The number of pyridine rings is 1. The van der Waals surface area contributed by atoms with Crippen molar-refractivity contribution in [1.82, 2.24) is 10.3 Å². The van der Waals surface area contributed by atoms with E-state index in [9.17, 15) is 0 Å². The topological polar surface area (TPSA) is 43.4 Å². The van der Waals surface area contributed by atoms with Crippen molar-refractivity contribution in [2.45, 2.75) is 39.3 Å². The number of benzene rings is 2. The van der Waals surface area contributed by atoms with Gasteiger partial charge in [-0.3, -0.25) is 0 Å². The molecule has 2 aliphatic rings. The van der Waals surface area contributed by atoms with Crippen molar-refractivity contribution in [3.63, 3.8) is 0 Å². The summed E-state index contributed by atoms with van der Waals surface area (Å²) in [5.74, 6) is 0.683. The highest BCUT2D eigenvalue weighted by molar-refractivity contribution is 6.31. The van der Waals surface area contributed by atoms with Crippen molar-refractivity contribution in [2.24, 2.45) is 5.41 Å². The van der Waals surface area contributed by atoms with Gasteiger partial charge in [0.05, 0.1) is 18.7 Å². The van der Waals surface area contributed by atoms with Crippen LogP contribution in [0.4, 0.5) is 0 Å². The SMILES string of the molecule is CC1(CNCc2cc3cc4c(cc3nc2OCc2ccccc2Cl)CCC4)COC1. The Balaban J connectivity index is 1.42. The van der Waals surface area contributed by atoms with Crippen molar-refractivity contribution >= 4 is 22.5 Å². The number of aryl methyl sites for hydroxylation is 2. The summed E-state index contributed by atoms with van der Waals surface area (Å²) in [6.45, 7) is 5.92. The van der Waals surface area contributed by atoms with E-state index in [1.54, 1.807) is 0 Å². The predicted octanol–water partition coefficient (Wildman–Crippen LogP) is 5.08. The number of fused-ring (bicyclic) bond motifs is 2. The van der Waals surface area contributed by atoms with Gasteiger partial charge < -0.3 is 14.8 Å². The zero-order chi connectivity index (χ0) is 20.6. The van der Waals surface area contributed by atoms with E-state index < -0.39 is 0 Å². The highest BCUT2D eigenvalue weighted by Gasteiger charge is 2.32. The summed E-state index contributed by atoms with van der Waals surface area (Å²) in [7, 11) is 0.